The maximum absolute atomic E-state index is 11.4. The van der Waals surface area contributed by atoms with E-state index in [4.69, 9.17) is 10.5 Å². The Balaban J connectivity index is 3.75. The van der Waals surface area contributed by atoms with Gasteiger partial charge in [-0.15, -0.1) is 0 Å². The first-order chi connectivity index (χ1) is 5.90. The third-order valence-corrected chi connectivity index (χ3v) is 1.83. The predicted molar refractivity (Wildman–Crippen MR) is 52.3 cm³/mol. The average Bonchev–Trinajstić information content (AvgIpc) is 2.03. The minimum Gasteiger partial charge on any atom is -0.464 e. The number of nitrogens with two attached hydrogens (primary N) is 1. The van der Waals surface area contributed by atoms with E-state index in [1.165, 1.54) is 0 Å². The van der Waals surface area contributed by atoms with Gasteiger partial charge < -0.3 is 15.4 Å². The van der Waals surface area contributed by atoms with Crippen LogP contribution in [0.1, 0.15) is 13.8 Å². The number of esters is 1. The molecule has 0 atom stereocenters. The van der Waals surface area contributed by atoms with E-state index in [1.54, 1.807) is 13.8 Å². The van der Waals surface area contributed by atoms with Crippen molar-refractivity contribution in [3.8, 4) is 0 Å². The Morgan fingerprint density at radius 2 is 2.00 bits per heavy atom. The molecule has 0 unspecified atom stereocenters. The number of hydrogen-bond donors (Lipinski definition) is 1. The molecule has 13 heavy (non-hydrogen) atoms. The molecule has 0 saturated heterocycles. The van der Waals surface area contributed by atoms with Crippen LogP contribution < -0.4 is 5.73 Å². The highest BCUT2D eigenvalue weighted by molar-refractivity contribution is 5.76. The predicted octanol–water partition coefficient (Wildman–Crippen LogP) is 0.0761. The van der Waals surface area contributed by atoms with Crippen LogP contribution in [0.2, 0.25) is 0 Å². The van der Waals surface area contributed by atoms with Crippen molar-refractivity contribution in [1.29, 1.82) is 0 Å². The average molecular weight is 188 g/mol. The summed E-state index contributed by atoms with van der Waals surface area (Å²) < 4.78 is 5.05. The lowest BCUT2D eigenvalue weighted by atomic mass is 9.94. The fourth-order valence-corrected chi connectivity index (χ4v) is 0.600. The zero-order valence-electron chi connectivity index (χ0n) is 8.96. The van der Waals surface area contributed by atoms with Crippen molar-refractivity contribution >= 4 is 5.97 Å². The van der Waals surface area contributed by atoms with Crippen molar-refractivity contribution in [1.82, 2.24) is 4.90 Å². The molecular weight excluding hydrogens is 168 g/mol. The molecule has 78 valence electrons. The van der Waals surface area contributed by atoms with Gasteiger partial charge >= 0.3 is 5.97 Å². The molecule has 0 saturated carbocycles. The van der Waals surface area contributed by atoms with Crippen molar-refractivity contribution < 1.29 is 9.53 Å². The molecule has 0 spiro atoms. The lowest BCUT2D eigenvalue weighted by molar-refractivity contribution is -0.153. The van der Waals surface area contributed by atoms with Gasteiger partial charge in [0.25, 0.3) is 0 Å². The summed E-state index contributed by atoms with van der Waals surface area (Å²) in [5, 5.41) is 0. The summed E-state index contributed by atoms with van der Waals surface area (Å²) in [5.74, 6) is -0.225. The summed E-state index contributed by atoms with van der Waals surface area (Å²) in [6.07, 6.45) is 0. The molecule has 0 heterocycles. The zero-order valence-corrected chi connectivity index (χ0v) is 8.96. The summed E-state index contributed by atoms with van der Waals surface area (Å²) in [6.45, 7) is 5.05. The number of ether oxygens (including phenoxy) is 1. The van der Waals surface area contributed by atoms with E-state index in [1.807, 2.05) is 19.0 Å². The van der Waals surface area contributed by atoms with E-state index < -0.39 is 5.41 Å². The molecule has 0 aromatic heterocycles. The minimum atomic E-state index is -0.563. The Kier molecular flexibility index (Phi) is 4.95. The Labute approximate surface area is 80.0 Å². The molecular formula is C9H20N2O2. The highest BCUT2D eigenvalue weighted by atomic mass is 16.5. The van der Waals surface area contributed by atoms with Crippen LogP contribution in [-0.2, 0) is 9.53 Å². The SMILES string of the molecule is CN(C)CCOC(=O)C(C)(C)CN. The summed E-state index contributed by atoms with van der Waals surface area (Å²) in [5.41, 5.74) is 4.86. The quantitative estimate of drug-likeness (QED) is 0.621. The van der Waals surface area contributed by atoms with Crippen LogP contribution in [0.25, 0.3) is 0 Å². The van der Waals surface area contributed by atoms with Gasteiger partial charge in [-0.3, -0.25) is 4.79 Å². The topological polar surface area (TPSA) is 55.6 Å². The third-order valence-electron chi connectivity index (χ3n) is 1.83. The highest BCUT2D eigenvalue weighted by Crippen LogP contribution is 2.14. The van der Waals surface area contributed by atoms with Crippen LogP contribution in [0, 0.1) is 5.41 Å². The fraction of sp³-hybridized carbons (Fsp3) is 0.889. The van der Waals surface area contributed by atoms with Crippen LogP contribution in [0.15, 0.2) is 0 Å². The van der Waals surface area contributed by atoms with E-state index in [0.717, 1.165) is 6.54 Å². The Bertz CT molecular complexity index is 167. The van der Waals surface area contributed by atoms with Gasteiger partial charge in [0.15, 0.2) is 0 Å². The molecule has 4 heteroatoms. The molecule has 0 aliphatic heterocycles. The van der Waals surface area contributed by atoms with Gasteiger partial charge in [0.05, 0.1) is 5.41 Å². The second-order valence-corrected chi connectivity index (χ2v) is 4.03. The second-order valence-electron chi connectivity index (χ2n) is 4.03. The van der Waals surface area contributed by atoms with Crippen LogP contribution in [0.4, 0.5) is 0 Å². The second kappa shape index (κ2) is 5.19. The molecule has 0 aromatic rings. The van der Waals surface area contributed by atoms with Gasteiger partial charge in [0.2, 0.25) is 0 Å². The number of carbonyl (C=O) groups is 1. The summed E-state index contributed by atoms with van der Waals surface area (Å²) in [7, 11) is 3.86. The molecule has 0 aliphatic rings. The van der Waals surface area contributed by atoms with E-state index in [2.05, 4.69) is 0 Å². The van der Waals surface area contributed by atoms with Gasteiger partial charge in [-0.1, -0.05) is 0 Å². The normalized spacial score (nSPS) is 11.8. The van der Waals surface area contributed by atoms with Crippen LogP contribution >= 0.6 is 0 Å². The van der Waals surface area contributed by atoms with Crippen molar-refractivity contribution in [2.45, 2.75) is 13.8 Å². The van der Waals surface area contributed by atoms with Gasteiger partial charge in [-0.2, -0.15) is 0 Å². The molecule has 0 aromatic carbocycles. The lowest BCUT2D eigenvalue weighted by Crippen LogP contribution is -2.35. The van der Waals surface area contributed by atoms with E-state index in [9.17, 15) is 4.79 Å². The molecule has 4 nitrogen and oxygen atoms in total. The van der Waals surface area contributed by atoms with Crippen LogP contribution in [-0.4, -0.2) is 44.7 Å². The van der Waals surface area contributed by atoms with Gasteiger partial charge in [0, 0.05) is 13.1 Å². The van der Waals surface area contributed by atoms with Crippen molar-refractivity contribution in [2.75, 3.05) is 33.8 Å². The van der Waals surface area contributed by atoms with Crippen molar-refractivity contribution in [2.24, 2.45) is 11.1 Å². The highest BCUT2D eigenvalue weighted by Gasteiger charge is 2.27. The summed E-state index contributed by atoms with van der Waals surface area (Å²) in [6, 6.07) is 0. The van der Waals surface area contributed by atoms with Gasteiger partial charge in [-0.25, -0.2) is 0 Å². The number of nitrogens with zero attached hydrogens (tertiary/aromatic N) is 1. The smallest absolute Gasteiger partial charge is 0.312 e. The number of hydrogen-bond acceptors (Lipinski definition) is 4. The molecule has 2 N–H and O–H groups in total. The molecule has 0 fully saturated rings. The third kappa shape index (κ3) is 4.85. The monoisotopic (exact) mass is 188 g/mol. The summed E-state index contributed by atoms with van der Waals surface area (Å²) >= 11 is 0. The Morgan fingerprint density at radius 1 is 1.46 bits per heavy atom. The maximum atomic E-state index is 11.4. The van der Waals surface area contributed by atoms with Crippen molar-refractivity contribution in [3.05, 3.63) is 0 Å². The van der Waals surface area contributed by atoms with Crippen LogP contribution in [0.5, 0.6) is 0 Å². The Hall–Kier alpha value is -0.610. The first kappa shape index (κ1) is 12.4. The van der Waals surface area contributed by atoms with Gasteiger partial charge in [0.1, 0.15) is 6.61 Å². The Morgan fingerprint density at radius 3 is 2.38 bits per heavy atom. The summed E-state index contributed by atoms with van der Waals surface area (Å²) in [4.78, 5) is 13.3. The maximum Gasteiger partial charge on any atom is 0.312 e. The minimum absolute atomic E-state index is 0.225. The zero-order chi connectivity index (χ0) is 10.5. The van der Waals surface area contributed by atoms with Crippen molar-refractivity contribution in [3.63, 3.8) is 0 Å². The lowest BCUT2D eigenvalue weighted by Gasteiger charge is -2.20. The fourth-order valence-electron chi connectivity index (χ4n) is 0.600. The van der Waals surface area contributed by atoms with Crippen LogP contribution in [0.3, 0.4) is 0 Å². The largest absolute Gasteiger partial charge is 0.464 e. The van der Waals surface area contributed by atoms with E-state index >= 15 is 0 Å². The first-order valence-corrected chi connectivity index (χ1v) is 4.42. The standard InChI is InChI=1S/C9H20N2O2/c1-9(2,7-10)8(12)13-6-5-11(3)4/h5-7,10H2,1-4H3. The number of likely N-dealkylation sites (N-methyl/N-ethyl adjacent to an activating group) is 1. The molecule has 0 bridgehead atoms. The van der Waals surface area contributed by atoms with E-state index in [-0.39, 0.29) is 5.97 Å². The first-order valence-electron chi connectivity index (χ1n) is 4.42. The molecule has 0 amide bonds. The van der Waals surface area contributed by atoms with Gasteiger partial charge in [-0.05, 0) is 27.9 Å². The molecule has 0 aliphatic carbocycles. The molecule has 0 radical (unpaired) electrons. The number of rotatable bonds is 5. The van der Waals surface area contributed by atoms with E-state index in [0.29, 0.717) is 13.2 Å². The number of carbonyl (C=O) groups excluding carboxylic acids is 1. The molecule has 0 rings (SSSR count).